The van der Waals surface area contributed by atoms with Crippen LogP contribution in [-0.4, -0.2) is 208 Å². The fourth-order valence-electron chi connectivity index (χ4n) is 8.89. The summed E-state index contributed by atoms with van der Waals surface area (Å²) in [4.78, 5) is 94.8. The standard InChI is InChI=1S/C56H87N9O22S/c1-38(57)40-31-45(76-3)47(33-43(40)64(72)73)86-17-8-12-52(69)62-54(87-37-66)35-84-30-29-83-28-27-81-24-21-78-18-13-53(70)60-39(2)41-32-46(77-4)48(34-44(41)65(74)75)85-16-7-11-51(68)59-15-20-80-23-26-82-25-22-79-19-14-58-50(67)10-6-5-9-49-55-42(36-88-49)61-56(71)63-55/h31-34,37-39,42,49,54-55H,5-30,35-36,57H2,1-4H3,(H,58,67)(H,59,68)(H,60,70)(H,62,69)(H2,61,63,71)/t38?,39?,42-,49-,54?,55-/m0/s1. The second-order valence-electron chi connectivity index (χ2n) is 20.0. The maximum Gasteiger partial charge on any atom is 0.315 e. The van der Waals surface area contributed by atoms with Crippen LogP contribution in [0.25, 0.3) is 0 Å². The minimum Gasteiger partial charge on any atom is -0.493 e. The van der Waals surface area contributed by atoms with Crippen molar-refractivity contribution in [2.24, 2.45) is 5.73 Å². The highest BCUT2D eigenvalue weighted by Gasteiger charge is 2.42. The van der Waals surface area contributed by atoms with Gasteiger partial charge < -0.3 is 94.5 Å². The molecular formula is C56H87N9O22S. The molecule has 0 radical (unpaired) electrons. The third kappa shape index (κ3) is 28.5. The van der Waals surface area contributed by atoms with Crippen molar-refractivity contribution in [1.82, 2.24) is 31.9 Å². The Morgan fingerprint density at radius 1 is 0.614 bits per heavy atom. The molecule has 2 aliphatic heterocycles. The summed E-state index contributed by atoms with van der Waals surface area (Å²) in [6, 6.07) is 4.22. The minimum atomic E-state index is -1.06. The van der Waals surface area contributed by atoms with E-state index < -0.39 is 40.0 Å². The molecule has 32 heteroatoms. The Morgan fingerprint density at radius 3 is 1.61 bits per heavy atom. The van der Waals surface area contributed by atoms with Crippen molar-refractivity contribution < 1.29 is 95.5 Å². The molecule has 0 saturated carbocycles. The number of hydrogen-bond donors (Lipinski definition) is 7. The van der Waals surface area contributed by atoms with Crippen LogP contribution in [0.2, 0.25) is 0 Å². The van der Waals surface area contributed by atoms with Crippen molar-refractivity contribution >= 4 is 59.3 Å². The highest BCUT2D eigenvalue weighted by molar-refractivity contribution is 8.00. The monoisotopic (exact) mass is 1270 g/mol. The number of carbonyl (C=O) groups is 6. The summed E-state index contributed by atoms with van der Waals surface area (Å²) in [6.07, 6.45) is 2.70. The zero-order valence-electron chi connectivity index (χ0n) is 50.5. The molecule has 88 heavy (non-hydrogen) atoms. The molecule has 3 unspecified atom stereocenters. The molecule has 0 aliphatic carbocycles. The fourth-order valence-corrected chi connectivity index (χ4v) is 10.4. The Kier molecular flexibility index (Phi) is 35.8. The lowest BCUT2D eigenvalue weighted by atomic mass is 10.0. The first kappa shape index (κ1) is 73.6. The Morgan fingerprint density at radius 2 is 1.09 bits per heavy atom. The molecule has 2 aliphatic rings. The first-order chi connectivity index (χ1) is 42.5. The summed E-state index contributed by atoms with van der Waals surface area (Å²) < 4.78 is 65.6. The van der Waals surface area contributed by atoms with Crippen LogP contribution < -0.4 is 56.6 Å². The van der Waals surface area contributed by atoms with Gasteiger partial charge in [0.1, 0.15) is 6.61 Å². The molecule has 494 valence electrons. The third-order valence-electron chi connectivity index (χ3n) is 13.3. The van der Waals surface area contributed by atoms with E-state index in [1.165, 1.54) is 38.5 Å². The Hall–Kier alpha value is -6.91. The topological polar surface area (TPSA) is 398 Å². The largest absolute Gasteiger partial charge is 0.493 e. The fraction of sp³-hybridized carbons (Fsp3) is 0.679. The second-order valence-corrected chi connectivity index (χ2v) is 21.2. The molecule has 31 nitrogen and oxygen atoms in total. The molecule has 0 spiro atoms. The van der Waals surface area contributed by atoms with Gasteiger partial charge in [0.15, 0.2) is 29.2 Å². The molecule has 8 N–H and O–H groups in total. The van der Waals surface area contributed by atoms with Gasteiger partial charge in [-0.3, -0.25) is 44.2 Å². The van der Waals surface area contributed by atoms with Gasteiger partial charge in [0, 0.05) is 55.8 Å². The number of benzene rings is 2. The number of nitro groups is 2. The number of nitrogens with zero attached hydrogens (tertiary/aromatic N) is 2. The molecular weight excluding hydrogens is 1180 g/mol. The van der Waals surface area contributed by atoms with E-state index in [0.29, 0.717) is 57.7 Å². The number of amides is 6. The molecule has 2 aromatic carbocycles. The number of ether oxygens (including phenoxy) is 12. The van der Waals surface area contributed by atoms with Crippen LogP contribution >= 0.6 is 11.8 Å². The maximum absolute atomic E-state index is 12.8. The summed E-state index contributed by atoms with van der Waals surface area (Å²) in [7, 11) is 2.77. The number of methoxy groups -OCH3 is 2. The third-order valence-corrected chi connectivity index (χ3v) is 14.8. The lowest BCUT2D eigenvalue weighted by Gasteiger charge is -2.18. The molecule has 4 rings (SSSR count). The van der Waals surface area contributed by atoms with E-state index in [1.807, 2.05) is 11.8 Å². The van der Waals surface area contributed by atoms with Crippen molar-refractivity contribution in [1.29, 1.82) is 0 Å². The van der Waals surface area contributed by atoms with Gasteiger partial charge in [-0.25, -0.2) is 4.79 Å². The van der Waals surface area contributed by atoms with Gasteiger partial charge in [-0.2, -0.15) is 11.8 Å². The highest BCUT2D eigenvalue weighted by Crippen LogP contribution is 2.39. The molecule has 6 amide bonds. The van der Waals surface area contributed by atoms with Crippen LogP contribution in [0, 0.1) is 20.2 Å². The predicted octanol–water partition coefficient (Wildman–Crippen LogP) is 2.82. The van der Waals surface area contributed by atoms with Crippen LogP contribution in [0.3, 0.4) is 0 Å². The quantitative estimate of drug-likeness (QED) is 0.0125. The van der Waals surface area contributed by atoms with Crippen LogP contribution in [-0.2, 0) is 61.9 Å². The zero-order valence-corrected chi connectivity index (χ0v) is 51.3. The van der Waals surface area contributed by atoms with Crippen LogP contribution in [0.1, 0.15) is 94.8 Å². The number of unbranched alkanes of at least 4 members (excludes halogenated alkanes) is 1. The number of rotatable bonds is 51. The average Bonchev–Trinajstić information content (AvgIpc) is 1.58. The van der Waals surface area contributed by atoms with Crippen molar-refractivity contribution in [3.63, 3.8) is 0 Å². The van der Waals surface area contributed by atoms with Crippen LogP contribution in [0.15, 0.2) is 24.3 Å². The van der Waals surface area contributed by atoms with E-state index >= 15 is 0 Å². The number of urea groups is 1. The summed E-state index contributed by atoms with van der Waals surface area (Å²) >= 11 is 1.87. The summed E-state index contributed by atoms with van der Waals surface area (Å²) in [5, 5.41) is 40.9. The van der Waals surface area contributed by atoms with Gasteiger partial charge in [-0.05, 0) is 51.7 Å². The lowest BCUT2D eigenvalue weighted by molar-refractivity contribution is -0.386. The predicted molar refractivity (Wildman–Crippen MR) is 317 cm³/mol. The molecule has 2 aromatic rings. The number of fused-ring (bicyclic) bond motifs is 1. The first-order valence-electron chi connectivity index (χ1n) is 29.2. The van der Waals surface area contributed by atoms with Gasteiger partial charge in [-0.1, -0.05) is 6.42 Å². The number of nitro benzene ring substituents is 2. The van der Waals surface area contributed by atoms with Crippen molar-refractivity contribution in [2.45, 2.75) is 107 Å². The lowest BCUT2D eigenvalue weighted by Crippen LogP contribution is -2.40. The Labute approximate surface area is 515 Å². The molecule has 2 heterocycles. The second kappa shape index (κ2) is 42.9. The first-order valence-corrected chi connectivity index (χ1v) is 30.3. The van der Waals surface area contributed by atoms with Crippen LogP contribution in [0.4, 0.5) is 16.2 Å². The SMILES string of the molecule is COc1cc(C(C)NC(=O)CCOCCOCCOCCOCC(NC(=O)CCCOc2cc([N+](=O)[O-])c(C(C)N)cc2OC)OC=O)c([N+](=O)[O-])cc1OCCCC(=O)NCCOCCOCCOCCNC(=O)CCCC[C@@H]1SC[C@@H]2NC(=O)N[C@@H]21. The number of hydrogen-bond acceptors (Lipinski definition) is 24. The number of carbonyl (C=O) groups excluding carboxylic acids is 6. The van der Waals surface area contributed by atoms with Crippen molar-refractivity contribution in [3.05, 3.63) is 55.6 Å². The van der Waals surface area contributed by atoms with Gasteiger partial charge >= 0.3 is 6.03 Å². The number of nitrogens with two attached hydrogens (primary N) is 1. The molecule has 2 fully saturated rings. The maximum atomic E-state index is 12.8. The normalized spacial score (nSPS) is 16.0. The number of thioether (sulfide) groups is 1. The van der Waals surface area contributed by atoms with Crippen LogP contribution in [0.5, 0.6) is 23.0 Å². The molecule has 6 atom stereocenters. The van der Waals surface area contributed by atoms with E-state index in [9.17, 15) is 49.0 Å². The smallest absolute Gasteiger partial charge is 0.315 e. The van der Waals surface area contributed by atoms with E-state index in [-0.39, 0.29) is 187 Å². The summed E-state index contributed by atoms with van der Waals surface area (Å²) in [6.45, 7) is 7.30. The Bertz CT molecular complexity index is 2490. The average molecular weight is 1270 g/mol. The van der Waals surface area contributed by atoms with E-state index in [2.05, 4.69) is 31.9 Å². The molecule has 0 aromatic heterocycles. The summed E-state index contributed by atoms with van der Waals surface area (Å²) in [5.74, 6) is 0.513. The summed E-state index contributed by atoms with van der Waals surface area (Å²) in [5.41, 5.74) is 5.83. The Balaban J connectivity index is 0.945. The van der Waals surface area contributed by atoms with E-state index in [0.717, 1.165) is 25.0 Å². The van der Waals surface area contributed by atoms with Gasteiger partial charge in [0.2, 0.25) is 23.6 Å². The van der Waals surface area contributed by atoms with Crippen molar-refractivity contribution in [2.75, 3.05) is 139 Å². The van der Waals surface area contributed by atoms with Crippen molar-refractivity contribution in [3.8, 4) is 23.0 Å². The molecule has 2 saturated heterocycles. The zero-order chi connectivity index (χ0) is 63.9. The van der Waals surface area contributed by atoms with Gasteiger partial charge in [0.05, 0.1) is 165 Å². The van der Waals surface area contributed by atoms with E-state index in [1.54, 1.807) is 13.8 Å². The highest BCUT2D eigenvalue weighted by atomic mass is 32.2. The van der Waals surface area contributed by atoms with Gasteiger partial charge in [0.25, 0.3) is 17.8 Å². The number of nitrogens with one attached hydrogen (secondary N) is 6. The molecule has 0 bridgehead atoms. The minimum absolute atomic E-state index is 0.00973. The van der Waals surface area contributed by atoms with E-state index in [4.69, 9.17) is 62.6 Å². The van der Waals surface area contributed by atoms with Gasteiger partial charge in [-0.15, -0.1) is 0 Å².